The molecule has 0 atom stereocenters. The minimum Gasteiger partial charge on any atom is -0.492 e. The molecule has 0 saturated carbocycles. The number of benzene rings is 1. The highest BCUT2D eigenvalue weighted by Gasteiger charge is 2.18. The van der Waals surface area contributed by atoms with E-state index in [-0.39, 0.29) is 5.41 Å². The molecule has 0 unspecified atom stereocenters. The van der Waals surface area contributed by atoms with Crippen LogP contribution < -0.4 is 10.1 Å². The SMILES string of the molecule is CCNCC(C)(C)COc1cccc2ncccc12. The van der Waals surface area contributed by atoms with E-state index < -0.39 is 0 Å². The van der Waals surface area contributed by atoms with Crippen LogP contribution in [0, 0.1) is 5.41 Å². The zero-order chi connectivity index (χ0) is 13.7. The van der Waals surface area contributed by atoms with Crippen LogP contribution in [0.3, 0.4) is 0 Å². The molecule has 0 fully saturated rings. The highest BCUT2D eigenvalue weighted by molar-refractivity contribution is 5.84. The lowest BCUT2D eigenvalue weighted by molar-refractivity contribution is 0.179. The van der Waals surface area contributed by atoms with Crippen LogP contribution in [0.1, 0.15) is 20.8 Å². The average molecular weight is 258 g/mol. The number of hydrogen-bond donors (Lipinski definition) is 1. The van der Waals surface area contributed by atoms with Crippen LogP contribution in [0.2, 0.25) is 0 Å². The maximum absolute atomic E-state index is 6.00. The van der Waals surface area contributed by atoms with Crippen molar-refractivity contribution in [3.63, 3.8) is 0 Å². The van der Waals surface area contributed by atoms with E-state index >= 15 is 0 Å². The minimum absolute atomic E-state index is 0.111. The molecule has 3 heteroatoms. The average Bonchev–Trinajstić information content (AvgIpc) is 2.43. The molecule has 0 radical (unpaired) electrons. The maximum Gasteiger partial charge on any atom is 0.128 e. The van der Waals surface area contributed by atoms with Crippen molar-refractivity contribution in [3.05, 3.63) is 36.5 Å². The summed E-state index contributed by atoms with van der Waals surface area (Å²) < 4.78 is 6.00. The van der Waals surface area contributed by atoms with Gasteiger partial charge in [-0.15, -0.1) is 0 Å². The van der Waals surface area contributed by atoms with E-state index in [2.05, 4.69) is 37.1 Å². The van der Waals surface area contributed by atoms with Crippen molar-refractivity contribution in [1.29, 1.82) is 0 Å². The molecule has 19 heavy (non-hydrogen) atoms. The van der Waals surface area contributed by atoms with E-state index in [1.807, 2.05) is 24.3 Å². The van der Waals surface area contributed by atoms with Crippen molar-refractivity contribution in [2.45, 2.75) is 20.8 Å². The fourth-order valence-electron chi connectivity index (χ4n) is 1.99. The molecular formula is C16H22N2O. The van der Waals surface area contributed by atoms with E-state index in [1.54, 1.807) is 6.20 Å². The standard InChI is InChI=1S/C16H22N2O/c1-4-17-11-16(2,3)12-19-15-9-5-8-14-13(15)7-6-10-18-14/h5-10,17H,4,11-12H2,1-3H3. The van der Waals surface area contributed by atoms with Crippen LogP contribution in [0.15, 0.2) is 36.5 Å². The zero-order valence-corrected chi connectivity index (χ0v) is 11.9. The molecule has 0 saturated heterocycles. The van der Waals surface area contributed by atoms with Crippen molar-refractivity contribution < 1.29 is 4.74 Å². The largest absolute Gasteiger partial charge is 0.492 e. The first-order valence-electron chi connectivity index (χ1n) is 6.80. The Morgan fingerprint density at radius 1 is 1.21 bits per heavy atom. The quantitative estimate of drug-likeness (QED) is 0.863. The van der Waals surface area contributed by atoms with Crippen molar-refractivity contribution in [2.75, 3.05) is 19.7 Å². The van der Waals surface area contributed by atoms with Crippen LogP contribution in [0.4, 0.5) is 0 Å². The number of hydrogen-bond acceptors (Lipinski definition) is 3. The summed E-state index contributed by atoms with van der Waals surface area (Å²) in [6.45, 7) is 9.16. The molecule has 0 spiro atoms. The Bertz CT molecular complexity index is 532. The summed E-state index contributed by atoms with van der Waals surface area (Å²) >= 11 is 0. The van der Waals surface area contributed by atoms with Gasteiger partial charge < -0.3 is 10.1 Å². The van der Waals surface area contributed by atoms with Gasteiger partial charge in [0.05, 0.1) is 12.1 Å². The highest BCUT2D eigenvalue weighted by Crippen LogP contribution is 2.25. The number of pyridine rings is 1. The van der Waals surface area contributed by atoms with Gasteiger partial charge in [-0.3, -0.25) is 4.98 Å². The summed E-state index contributed by atoms with van der Waals surface area (Å²) in [5.74, 6) is 0.912. The van der Waals surface area contributed by atoms with Crippen LogP contribution in [-0.4, -0.2) is 24.7 Å². The van der Waals surface area contributed by atoms with E-state index in [4.69, 9.17) is 4.74 Å². The number of rotatable bonds is 6. The molecule has 0 aliphatic rings. The van der Waals surface area contributed by atoms with Gasteiger partial charge in [0.25, 0.3) is 0 Å². The number of ether oxygens (including phenoxy) is 1. The lowest BCUT2D eigenvalue weighted by Gasteiger charge is -2.25. The second kappa shape index (κ2) is 6.02. The Morgan fingerprint density at radius 2 is 2.05 bits per heavy atom. The van der Waals surface area contributed by atoms with Gasteiger partial charge in [0.1, 0.15) is 5.75 Å². The summed E-state index contributed by atoms with van der Waals surface area (Å²) in [5, 5.41) is 4.44. The molecule has 0 aliphatic heterocycles. The normalized spacial score (nSPS) is 11.7. The number of nitrogens with zero attached hydrogens (tertiary/aromatic N) is 1. The van der Waals surface area contributed by atoms with Crippen LogP contribution >= 0.6 is 0 Å². The molecule has 0 amide bonds. The van der Waals surface area contributed by atoms with Crippen molar-refractivity contribution >= 4 is 10.9 Å². The summed E-state index contributed by atoms with van der Waals surface area (Å²) in [6.07, 6.45) is 1.81. The Balaban J connectivity index is 2.09. The fourth-order valence-corrected chi connectivity index (χ4v) is 1.99. The minimum atomic E-state index is 0.111. The van der Waals surface area contributed by atoms with Gasteiger partial charge in [0.2, 0.25) is 0 Å². The van der Waals surface area contributed by atoms with Gasteiger partial charge in [-0.1, -0.05) is 26.8 Å². The first kappa shape index (κ1) is 13.8. The molecule has 1 aromatic heterocycles. The molecule has 2 rings (SSSR count). The topological polar surface area (TPSA) is 34.1 Å². The first-order valence-corrected chi connectivity index (χ1v) is 6.80. The predicted molar refractivity (Wildman–Crippen MR) is 79.6 cm³/mol. The molecule has 102 valence electrons. The number of aromatic nitrogens is 1. The Labute approximate surface area is 115 Å². The van der Waals surface area contributed by atoms with E-state index in [1.165, 1.54) is 0 Å². The Hall–Kier alpha value is -1.61. The first-order chi connectivity index (χ1) is 9.12. The fraction of sp³-hybridized carbons (Fsp3) is 0.438. The summed E-state index contributed by atoms with van der Waals surface area (Å²) in [5.41, 5.74) is 1.09. The lowest BCUT2D eigenvalue weighted by atomic mass is 9.95. The Kier molecular flexibility index (Phi) is 4.38. The predicted octanol–water partition coefficient (Wildman–Crippen LogP) is 3.25. The second-order valence-electron chi connectivity index (χ2n) is 5.56. The maximum atomic E-state index is 6.00. The smallest absolute Gasteiger partial charge is 0.128 e. The summed E-state index contributed by atoms with van der Waals surface area (Å²) in [4.78, 5) is 4.34. The Morgan fingerprint density at radius 3 is 2.84 bits per heavy atom. The van der Waals surface area contributed by atoms with Gasteiger partial charge in [0, 0.05) is 23.5 Å². The van der Waals surface area contributed by atoms with E-state index in [0.29, 0.717) is 6.61 Å². The summed E-state index contributed by atoms with van der Waals surface area (Å²) in [6, 6.07) is 10.00. The third kappa shape index (κ3) is 3.67. The summed E-state index contributed by atoms with van der Waals surface area (Å²) in [7, 11) is 0. The van der Waals surface area contributed by atoms with Gasteiger partial charge in [-0.05, 0) is 30.8 Å². The zero-order valence-electron chi connectivity index (χ0n) is 11.9. The third-order valence-electron chi connectivity index (χ3n) is 3.08. The lowest BCUT2D eigenvalue weighted by Crippen LogP contribution is -2.34. The van der Waals surface area contributed by atoms with Gasteiger partial charge in [-0.2, -0.15) is 0 Å². The van der Waals surface area contributed by atoms with Crippen LogP contribution in [-0.2, 0) is 0 Å². The van der Waals surface area contributed by atoms with Crippen molar-refractivity contribution in [3.8, 4) is 5.75 Å². The monoisotopic (exact) mass is 258 g/mol. The number of nitrogens with one attached hydrogen (secondary N) is 1. The van der Waals surface area contributed by atoms with Crippen molar-refractivity contribution in [1.82, 2.24) is 10.3 Å². The molecule has 0 aliphatic carbocycles. The van der Waals surface area contributed by atoms with Crippen LogP contribution in [0.5, 0.6) is 5.75 Å². The van der Waals surface area contributed by atoms with Gasteiger partial charge >= 0.3 is 0 Å². The molecule has 1 heterocycles. The third-order valence-corrected chi connectivity index (χ3v) is 3.08. The van der Waals surface area contributed by atoms with Gasteiger partial charge in [0.15, 0.2) is 0 Å². The highest BCUT2D eigenvalue weighted by atomic mass is 16.5. The van der Waals surface area contributed by atoms with Crippen molar-refractivity contribution in [2.24, 2.45) is 5.41 Å². The number of fused-ring (bicyclic) bond motifs is 1. The van der Waals surface area contributed by atoms with Gasteiger partial charge in [-0.25, -0.2) is 0 Å². The van der Waals surface area contributed by atoms with Crippen LogP contribution in [0.25, 0.3) is 10.9 Å². The molecule has 1 N–H and O–H groups in total. The second-order valence-corrected chi connectivity index (χ2v) is 5.56. The molecule has 2 aromatic rings. The van der Waals surface area contributed by atoms with E-state index in [0.717, 1.165) is 29.7 Å². The molecule has 3 nitrogen and oxygen atoms in total. The molecule has 1 aromatic carbocycles. The van der Waals surface area contributed by atoms with E-state index in [9.17, 15) is 0 Å². The molecular weight excluding hydrogens is 236 g/mol. The molecule has 0 bridgehead atoms.